The number of phenolic OH excluding ortho intramolecular Hbond substituents is 2. The number of carbonyl (C=O) groups excluding carboxylic acids is 1. The highest BCUT2D eigenvalue weighted by molar-refractivity contribution is 7.99. The van der Waals surface area contributed by atoms with Crippen LogP contribution in [0.15, 0.2) is 53.4 Å². The zero-order valence-corrected chi connectivity index (χ0v) is 15.9. The number of benzene rings is 3. The number of phenols is 2. The van der Waals surface area contributed by atoms with Crippen LogP contribution in [0.25, 0.3) is 10.8 Å². The maximum atomic E-state index is 12.8. The van der Waals surface area contributed by atoms with Crippen molar-refractivity contribution in [3.8, 4) is 11.5 Å². The zero-order chi connectivity index (χ0) is 20.3. The molecule has 0 saturated heterocycles. The first-order valence-corrected chi connectivity index (χ1v) is 9.55. The molecule has 0 heterocycles. The van der Waals surface area contributed by atoms with Gasteiger partial charge in [0.1, 0.15) is 11.5 Å². The van der Waals surface area contributed by atoms with Gasteiger partial charge < -0.3 is 20.6 Å². The fourth-order valence-electron chi connectivity index (χ4n) is 2.81. The third-order valence-corrected chi connectivity index (χ3v) is 5.25. The first-order chi connectivity index (χ1) is 13.4. The van der Waals surface area contributed by atoms with Crippen LogP contribution in [0.4, 0.5) is 5.69 Å². The van der Waals surface area contributed by atoms with Crippen molar-refractivity contribution in [2.75, 3.05) is 11.1 Å². The maximum absolute atomic E-state index is 12.8. The predicted octanol–water partition coefficient (Wildman–Crippen LogP) is 4.38. The van der Waals surface area contributed by atoms with Gasteiger partial charge >= 0.3 is 5.97 Å². The van der Waals surface area contributed by atoms with Gasteiger partial charge in [0.15, 0.2) is 0 Å². The van der Waals surface area contributed by atoms with Crippen molar-refractivity contribution in [3.05, 3.63) is 59.7 Å². The molecule has 0 saturated carbocycles. The van der Waals surface area contributed by atoms with Gasteiger partial charge in [-0.2, -0.15) is 0 Å². The molecule has 3 rings (SSSR count). The van der Waals surface area contributed by atoms with Gasteiger partial charge in [0.25, 0.3) is 5.91 Å². The summed E-state index contributed by atoms with van der Waals surface area (Å²) >= 11 is 1.31. The standard InChI is InChI=1S/C21H19NO5S/c1-12-6-7-17(23)16(10-12)22-21(27)15-11-18(28-9-8-19(24)25)13-4-2-3-5-14(13)20(15)26/h2-7,10-11,23,26H,8-9H2,1H3,(H,22,27)(H,24,25). The van der Waals surface area contributed by atoms with Crippen molar-refractivity contribution < 1.29 is 24.9 Å². The highest BCUT2D eigenvalue weighted by Crippen LogP contribution is 2.37. The molecular formula is C21H19NO5S. The number of aryl methyl sites for hydroxylation is 1. The van der Waals surface area contributed by atoms with E-state index in [4.69, 9.17) is 5.11 Å². The largest absolute Gasteiger partial charge is 0.506 e. The molecule has 1 amide bonds. The maximum Gasteiger partial charge on any atom is 0.304 e. The number of hydrogen-bond donors (Lipinski definition) is 4. The first-order valence-electron chi connectivity index (χ1n) is 8.57. The van der Waals surface area contributed by atoms with Gasteiger partial charge in [-0.05, 0) is 36.1 Å². The number of hydrogen-bond acceptors (Lipinski definition) is 5. The van der Waals surface area contributed by atoms with Crippen molar-refractivity contribution in [1.82, 2.24) is 0 Å². The van der Waals surface area contributed by atoms with E-state index in [9.17, 15) is 19.8 Å². The predicted molar refractivity (Wildman–Crippen MR) is 109 cm³/mol. The summed E-state index contributed by atoms with van der Waals surface area (Å²) in [5.74, 6) is -1.37. The molecule has 0 aliphatic heterocycles. The van der Waals surface area contributed by atoms with Crippen LogP contribution in [0.5, 0.6) is 11.5 Å². The Morgan fingerprint density at radius 3 is 2.46 bits per heavy atom. The average molecular weight is 397 g/mol. The highest BCUT2D eigenvalue weighted by Gasteiger charge is 2.18. The van der Waals surface area contributed by atoms with Gasteiger partial charge in [0.05, 0.1) is 17.7 Å². The van der Waals surface area contributed by atoms with Gasteiger partial charge in [-0.25, -0.2) is 0 Å². The summed E-state index contributed by atoms with van der Waals surface area (Å²) in [5.41, 5.74) is 1.16. The summed E-state index contributed by atoms with van der Waals surface area (Å²) in [6, 6.07) is 13.5. The van der Waals surface area contributed by atoms with E-state index in [0.717, 1.165) is 10.9 Å². The minimum absolute atomic E-state index is 0.0153. The number of amides is 1. The Bertz CT molecular complexity index is 1060. The fourth-order valence-corrected chi connectivity index (χ4v) is 3.84. The van der Waals surface area contributed by atoms with E-state index in [0.29, 0.717) is 16.0 Å². The van der Waals surface area contributed by atoms with E-state index in [1.165, 1.54) is 17.8 Å². The average Bonchev–Trinajstić information content (AvgIpc) is 2.66. The van der Waals surface area contributed by atoms with Crippen LogP contribution in [0.1, 0.15) is 22.3 Å². The molecule has 0 radical (unpaired) electrons. The van der Waals surface area contributed by atoms with Gasteiger partial charge in [-0.15, -0.1) is 11.8 Å². The molecular weight excluding hydrogens is 378 g/mol. The van der Waals surface area contributed by atoms with Crippen LogP contribution >= 0.6 is 11.8 Å². The first kappa shape index (κ1) is 19.6. The molecule has 3 aromatic carbocycles. The highest BCUT2D eigenvalue weighted by atomic mass is 32.2. The van der Waals surface area contributed by atoms with Crippen molar-refractivity contribution in [2.24, 2.45) is 0 Å². The van der Waals surface area contributed by atoms with Crippen molar-refractivity contribution in [3.63, 3.8) is 0 Å². The molecule has 0 aliphatic rings. The second-order valence-electron chi connectivity index (χ2n) is 6.28. The molecule has 0 unspecified atom stereocenters. The number of carboxylic acid groups (broad SMARTS) is 1. The van der Waals surface area contributed by atoms with Crippen LogP contribution in [0.2, 0.25) is 0 Å². The van der Waals surface area contributed by atoms with Crippen LogP contribution in [0, 0.1) is 6.92 Å². The van der Waals surface area contributed by atoms with Crippen molar-refractivity contribution in [2.45, 2.75) is 18.2 Å². The van der Waals surface area contributed by atoms with Crippen LogP contribution in [0.3, 0.4) is 0 Å². The molecule has 0 bridgehead atoms. The normalized spacial score (nSPS) is 10.8. The minimum atomic E-state index is -0.900. The van der Waals surface area contributed by atoms with E-state index in [1.54, 1.807) is 30.3 Å². The Hall–Kier alpha value is -3.19. The molecule has 0 atom stereocenters. The van der Waals surface area contributed by atoms with Gasteiger partial charge in [-0.1, -0.05) is 30.3 Å². The number of aliphatic carboxylic acids is 1. The molecule has 0 aliphatic carbocycles. The van der Waals surface area contributed by atoms with Crippen LogP contribution in [-0.4, -0.2) is 32.9 Å². The molecule has 144 valence electrons. The summed E-state index contributed by atoms with van der Waals surface area (Å²) in [7, 11) is 0. The lowest BCUT2D eigenvalue weighted by Gasteiger charge is -2.14. The monoisotopic (exact) mass is 397 g/mol. The molecule has 0 spiro atoms. The number of carbonyl (C=O) groups is 2. The molecule has 3 aromatic rings. The SMILES string of the molecule is Cc1ccc(O)c(NC(=O)c2cc(SCCC(=O)O)c3ccccc3c2O)c1. The third-order valence-electron chi connectivity index (χ3n) is 4.20. The van der Waals surface area contributed by atoms with E-state index in [2.05, 4.69) is 5.32 Å². The lowest BCUT2D eigenvalue weighted by Crippen LogP contribution is -2.13. The van der Waals surface area contributed by atoms with Crippen LogP contribution < -0.4 is 5.32 Å². The number of nitrogens with one attached hydrogen (secondary N) is 1. The summed E-state index contributed by atoms with van der Waals surface area (Å²) in [6.07, 6.45) is -0.0153. The summed E-state index contributed by atoms with van der Waals surface area (Å²) in [4.78, 5) is 24.3. The summed E-state index contributed by atoms with van der Waals surface area (Å²) in [5, 5.41) is 33.3. The lowest BCUT2D eigenvalue weighted by atomic mass is 10.0. The molecule has 7 heteroatoms. The van der Waals surface area contributed by atoms with Crippen LogP contribution in [-0.2, 0) is 4.79 Å². The molecule has 28 heavy (non-hydrogen) atoms. The van der Waals surface area contributed by atoms with E-state index >= 15 is 0 Å². The summed E-state index contributed by atoms with van der Waals surface area (Å²) < 4.78 is 0. The Balaban J connectivity index is 1.99. The third kappa shape index (κ3) is 4.20. The van der Waals surface area contributed by atoms with Gasteiger partial charge in [0, 0.05) is 16.0 Å². The van der Waals surface area contributed by atoms with Gasteiger partial charge in [-0.3, -0.25) is 9.59 Å². The van der Waals surface area contributed by atoms with E-state index < -0.39 is 11.9 Å². The van der Waals surface area contributed by atoms with Crippen molar-refractivity contribution >= 4 is 40.1 Å². The Kier molecular flexibility index (Phi) is 5.75. The van der Waals surface area contributed by atoms with E-state index in [1.807, 2.05) is 19.1 Å². The molecule has 6 nitrogen and oxygen atoms in total. The minimum Gasteiger partial charge on any atom is -0.506 e. The topological polar surface area (TPSA) is 107 Å². The molecule has 0 fully saturated rings. The number of carboxylic acids is 1. The number of anilines is 1. The Morgan fingerprint density at radius 1 is 1.04 bits per heavy atom. The van der Waals surface area contributed by atoms with E-state index in [-0.39, 0.29) is 29.2 Å². The number of aromatic hydroxyl groups is 2. The smallest absolute Gasteiger partial charge is 0.304 e. The quantitative estimate of drug-likeness (QED) is 0.363. The zero-order valence-electron chi connectivity index (χ0n) is 15.1. The molecule has 4 N–H and O–H groups in total. The van der Waals surface area contributed by atoms with Gasteiger partial charge in [0.2, 0.25) is 0 Å². The molecule has 0 aromatic heterocycles. The Morgan fingerprint density at radius 2 is 1.75 bits per heavy atom. The number of rotatable bonds is 6. The number of fused-ring (bicyclic) bond motifs is 1. The fraction of sp³-hybridized carbons (Fsp3) is 0.143. The summed E-state index contributed by atoms with van der Waals surface area (Å²) in [6.45, 7) is 1.83. The van der Waals surface area contributed by atoms with Crippen molar-refractivity contribution in [1.29, 1.82) is 0 Å². The second kappa shape index (κ2) is 8.22. The second-order valence-corrected chi connectivity index (χ2v) is 7.42. The lowest BCUT2D eigenvalue weighted by molar-refractivity contribution is -0.136. The number of thioether (sulfide) groups is 1. The Labute approximate surface area is 165 Å².